The van der Waals surface area contributed by atoms with Crippen LogP contribution in [-0.2, 0) is 0 Å². The van der Waals surface area contributed by atoms with Crippen LogP contribution in [0.15, 0.2) is 36.4 Å². The normalized spacial score (nSPS) is 10.2. The van der Waals surface area contributed by atoms with E-state index in [1.54, 1.807) is 36.4 Å². The fourth-order valence-electron chi connectivity index (χ4n) is 1.62. The van der Waals surface area contributed by atoms with Crippen molar-refractivity contribution in [1.82, 2.24) is 0 Å². The molecule has 0 aliphatic heterocycles. The summed E-state index contributed by atoms with van der Waals surface area (Å²) in [7, 11) is 1.47. The van der Waals surface area contributed by atoms with Gasteiger partial charge in [0.25, 0.3) is 5.91 Å². The SMILES string of the molecule is COc1cc(Cl)ccc1C(=O)Nc1ccc(Cl)c(Cl)c1. The molecular weight excluding hydrogens is 321 g/mol. The summed E-state index contributed by atoms with van der Waals surface area (Å²) in [5.41, 5.74) is 0.921. The van der Waals surface area contributed by atoms with Crippen molar-refractivity contribution < 1.29 is 9.53 Å². The van der Waals surface area contributed by atoms with Gasteiger partial charge in [0, 0.05) is 10.7 Å². The Morgan fingerprint density at radius 3 is 2.45 bits per heavy atom. The smallest absolute Gasteiger partial charge is 0.259 e. The second-order valence-electron chi connectivity index (χ2n) is 3.93. The summed E-state index contributed by atoms with van der Waals surface area (Å²) in [6.45, 7) is 0. The molecule has 0 unspecified atom stereocenters. The maximum atomic E-state index is 12.2. The molecule has 6 heteroatoms. The molecule has 2 rings (SSSR count). The zero-order valence-electron chi connectivity index (χ0n) is 10.4. The van der Waals surface area contributed by atoms with Gasteiger partial charge in [-0.3, -0.25) is 4.79 Å². The van der Waals surface area contributed by atoms with E-state index in [1.807, 2.05) is 0 Å². The fraction of sp³-hybridized carbons (Fsp3) is 0.0714. The average Bonchev–Trinajstić information content (AvgIpc) is 2.42. The number of rotatable bonds is 3. The quantitative estimate of drug-likeness (QED) is 0.868. The molecule has 0 saturated heterocycles. The molecule has 0 atom stereocenters. The number of hydrogen-bond acceptors (Lipinski definition) is 2. The highest BCUT2D eigenvalue weighted by molar-refractivity contribution is 6.42. The van der Waals surface area contributed by atoms with Crippen LogP contribution in [0.1, 0.15) is 10.4 Å². The van der Waals surface area contributed by atoms with Gasteiger partial charge in [0.1, 0.15) is 5.75 Å². The van der Waals surface area contributed by atoms with Crippen LogP contribution in [-0.4, -0.2) is 13.0 Å². The molecule has 1 N–H and O–H groups in total. The Bertz CT molecular complexity index is 659. The van der Waals surface area contributed by atoms with Gasteiger partial charge in [0.15, 0.2) is 0 Å². The van der Waals surface area contributed by atoms with Gasteiger partial charge in [-0.2, -0.15) is 0 Å². The van der Waals surface area contributed by atoms with E-state index >= 15 is 0 Å². The molecule has 0 bridgehead atoms. The second-order valence-corrected chi connectivity index (χ2v) is 5.18. The van der Waals surface area contributed by atoms with E-state index in [4.69, 9.17) is 39.5 Å². The molecule has 0 radical (unpaired) electrons. The first-order valence-corrected chi connectivity index (χ1v) is 6.74. The van der Waals surface area contributed by atoms with Crippen LogP contribution < -0.4 is 10.1 Å². The summed E-state index contributed by atoms with van der Waals surface area (Å²) in [6, 6.07) is 9.63. The number of amides is 1. The summed E-state index contributed by atoms with van der Waals surface area (Å²) >= 11 is 17.6. The fourth-order valence-corrected chi connectivity index (χ4v) is 2.09. The van der Waals surface area contributed by atoms with Crippen LogP contribution in [0, 0.1) is 0 Å². The molecule has 20 heavy (non-hydrogen) atoms. The second kappa shape index (κ2) is 6.35. The molecule has 0 fully saturated rings. The lowest BCUT2D eigenvalue weighted by Crippen LogP contribution is -2.13. The highest BCUT2D eigenvalue weighted by Crippen LogP contribution is 2.27. The summed E-state index contributed by atoms with van der Waals surface area (Å²) in [6.07, 6.45) is 0. The molecule has 2 aromatic rings. The first-order valence-electron chi connectivity index (χ1n) is 5.61. The maximum absolute atomic E-state index is 12.2. The van der Waals surface area contributed by atoms with Crippen molar-refractivity contribution in [2.75, 3.05) is 12.4 Å². The Hall–Kier alpha value is -1.42. The minimum Gasteiger partial charge on any atom is -0.496 e. The maximum Gasteiger partial charge on any atom is 0.259 e. The average molecular weight is 331 g/mol. The molecule has 1 amide bonds. The number of hydrogen-bond donors (Lipinski definition) is 1. The highest BCUT2D eigenvalue weighted by atomic mass is 35.5. The van der Waals surface area contributed by atoms with Crippen LogP contribution in [0.25, 0.3) is 0 Å². The van der Waals surface area contributed by atoms with Crippen LogP contribution >= 0.6 is 34.8 Å². The number of ether oxygens (including phenoxy) is 1. The topological polar surface area (TPSA) is 38.3 Å². The molecule has 0 aliphatic carbocycles. The van der Waals surface area contributed by atoms with Crippen molar-refractivity contribution >= 4 is 46.4 Å². The summed E-state index contributed by atoms with van der Waals surface area (Å²) < 4.78 is 5.14. The molecular formula is C14H10Cl3NO2. The van der Waals surface area contributed by atoms with Crippen molar-refractivity contribution in [3.05, 3.63) is 57.0 Å². The molecule has 0 spiro atoms. The summed E-state index contributed by atoms with van der Waals surface area (Å²) in [5.74, 6) is 0.0759. The third-order valence-corrected chi connectivity index (χ3v) is 3.56. The van der Waals surface area contributed by atoms with Gasteiger partial charge in [-0.1, -0.05) is 34.8 Å². The Labute approximate surface area is 131 Å². The lowest BCUT2D eigenvalue weighted by Gasteiger charge is -2.10. The third-order valence-electron chi connectivity index (χ3n) is 2.59. The Morgan fingerprint density at radius 2 is 1.80 bits per heavy atom. The monoisotopic (exact) mass is 329 g/mol. The van der Waals surface area contributed by atoms with Crippen molar-refractivity contribution in [3.63, 3.8) is 0 Å². The number of anilines is 1. The zero-order chi connectivity index (χ0) is 14.7. The van der Waals surface area contributed by atoms with Crippen LogP contribution in [0.5, 0.6) is 5.75 Å². The zero-order valence-corrected chi connectivity index (χ0v) is 12.7. The minimum absolute atomic E-state index is 0.322. The predicted octanol–water partition coefficient (Wildman–Crippen LogP) is 4.91. The van der Waals surface area contributed by atoms with Gasteiger partial charge in [-0.25, -0.2) is 0 Å². The predicted molar refractivity (Wildman–Crippen MR) is 82.4 cm³/mol. The molecule has 2 aromatic carbocycles. The highest BCUT2D eigenvalue weighted by Gasteiger charge is 2.13. The minimum atomic E-state index is -0.322. The lowest BCUT2D eigenvalue weighted by atomic mass is 10.2. The number of benzene rings is 2. The molecule has 0 aromatic heterocycles. The van der Waals surface area contributed by atoms with Gasteiger partial charge in [-0.15, -0.1) is 0 Å². The van der Waals surface area contributed by atoms with Gasteiger partial charge in [0.05, 0.1) is 22.7 Å². The first-order chi connectivity index (χ1) is 9.51. The van der Waals surface area contributed by atoms with Gasteiger partial charge in [0.2, 0.25) is 0 Å². The van der Waals surface area contributed by atoms with Gasteiger partial charge < -0.3 is 10.1 Å². The number of carbonyl (C=O) groups excluding carboxylic acids is 1. The molecule has 104 valence electrons. The number of carbonyl (C=O) groups is 1. The van der Waals surface area contributed by atoms with E-state index < -0.39 is 0 Å². The van der Waals surface area contributed by atoms with Gasteiger partial charge >= 0.3 is 0 Å². The van der Waals surface area contributed by atoms with E-state index in [0.717, 1.165) is 0 Å². The van der Waals surface area contributed by atoms with E-state index in [1.165, 1.54) is 7.11 Å². The number of nitrogens with one attached hydrogen (secondary N) is 1. The van der Waals surface area contributed by atoms with E-state index in [-0.39, 0.29) is 5.91 Å². The van der Waals surface area contributed by atoms with Crippen molar-refractivity contribution in [3.8, 4) is 5.75 Å². The van der Waals surface area contributed by atoms with Crippen LogP contribution in [0.2, 0.25) is 15.1 Å². The van der Waals surface area contributed by atoms with E-state index in [2.05, 4.69) is 5.32 Å². The molecule has 0 aliphatic rings. The Kier molecular flexibility index (Phi) is 4.76. The van der Waals surface area contributed by atoms with E-state index in [0.29, 0.717) is 32.1 Å². The van der Waals surface area contributed by atoms with Crippen molar-refractivity contribution in [2.45, 2.75) is 0 Å². The van der Waals surface area contributed by atoms with Crippen molar-refractivity contribution in [1.29, 1.82) is 0 Å². The third kappa shape index (κ3) is 3.37. The van der Waals surface area contributed by atoms with Crippen LogP contribution in [0.3, 0.4) is 0 Å². The summed E-state index contributed by atoms with van der Waals surface area (Å²) in [4.78, 5) is 12.2. The van der Waals surface area contributed by atoms with Crippen molar-refractivity contribution in [2.24, 2.45) is 0 Å². The number of methoxy groups -OCH3 is 1. The van der Waals surface area contributed by atoms with Gasteiger partial charge in [-0.05, 0) is 36.4 Å². The first kappa shape index (κ1) is 15.0. The number of halogens is 3. The lowest BCUT2D eigenvalue weighted by molar-refractivity contribution is 0.102. The van der Waals surface area contributed by atoms with Crippen LogP contribution in [0.4, 0.5) is 5.69 Å². The van der Waals surface area contributed by atoms with E-state index in [9.17, 15) is 4.79 Å². The summed E-state index contributed by atoms with van der Waals surface area (Å²) in [5, 5.41) is 4.00. The largest absolute Gasteiger partial charge is 0.496 e. The Balaban J connectivity index is 2.25. The standard InChI is InChI=1S/C14H10Cl3NO2/c1-20-13-6-8(15)2-4-10(13)14(19)18-9-3-5-11(16)12(17)7-9/h2-7H,1H3,(H,18,19). The molecule has 0 heterocycles. The molecule has 0 saturated carbocycles. The Morgan fingerprint density at radius 1 is 1.05 bits per heavy atom. The molecule has 3 nitrogen and oxygen atoms in total.